The Hall–Kier alpha value is -2.34. The summed E-state index contributed by atoms with van der Waals surface area (Å²) in [4.78, 5) is 14.0. The first-order valence-corrected chi connectivity index (χ1v) is 10.9. The van der Waals surface area contributed by atoms with Crippen molar-refractivity contribution in [2.24, 2.45) is 0 Å². The Morgan fingerprint density at radius 1 is 0.926 bits per heavy atom. The Morgan fingerprint density at radius 3 is 2.41 bits per heavy atom. The Balaban J connectivity index is 1.72. The maximum atomic E-state index is 13.4. The highest BCUT2D eigenvalue weighted by atomic mass is 32.2. The zero-order valence-corrected chi connectivity index (χ0v) is 16.6. The van der Waals surface area contributed by atoms with Crippen molar-refractivity contribution < 1.29 is 13.2 Å². The van der Waals surface area contributed by atoms with Crippen molar-refractivity contribution >= 4 is 27.3 Å². The molecule has 1 amide bonds. The van der Waals surface area contributed by atoms with Crippen molar-refractivity contribution in [3.8, 4) is 0 Å². The summed E-state index contributed by atoms with van der Waals surface area (Å²) < 4.78 is 28.3. The summed E-state index contributed by atoms with van der Waals surface area (Å²) in [6, 6.07) is 11.2. The highest BCUT2D eigenvalue weighted by Gasteiger charge is 2.31. The summed E-state index contributed by atoms with van der Waals surface area (Å²) in [7, 11) is -3.64. The molecule has 4 rings (SSSR count). The largest absolute Gasteiger partial charge is 0.312 e. The Labute approximate surface area is 160 Å². The lowest BCUT2D eigenvalue weighted by molar-refractivity contribution is -0.117. The summed E-state index contributed by atoms with van der Waals surface area (Å²) in [5.74, 6) is 0.102. The number of anilines is 2. The van der Waals surface area contributed by atoms with Gasteiger partial charge >= 0.3 is 0 Å². The summed E-state index contributed by atoms with van der Waals surface area (Å²) >= 11 is 0. The minimum Gasteiger partial charge on any atom is -0.312 e. The number of fused-ring (bicyclic) bond motifs is 1. The molecule has 0 radical (unpaired) electrons. The number of aryl methyl sites for hydroxylation is 3. The fourth-order valence-corrected chi connectivity index (χ4v) is 5.82. The van der Waals surface area contributed by atoms with Gasteiger partial charge in [0, 0.05) is 25.2 Å². The molecule has 0 atom stereocenters. The third kappa shape index (κ3) is 3.12. The van der Waals surface area contributed by atoms with Crippen LogP contribution in [0.4, 0.5) is 11.4 Å². The van der Waals surface area contributed by atoms with Crippen LogP contribution < -0.4 is 9.21 Å². The number of amides is 1. The molecular formula is C21H24N2O3S. The minimum atomic E-state index is -3.64. The van der Waals surface area contributed by atoms with Crippen molar-refractivity contribution in [3.63, 3.8) is 0 Å². The first-order chi connectivity index (χ1) is 12.9. The topological polar surface area (TPSA) is 57.7 Å². The molecule has 5 nitrogen and oxygen atoms in total. The number of hydrogen-bond acceptors (Lipinski definition) is 3. The van der Waals surface area contributed by atoms with Crippen LogP contribution in [0.25, 0.3) is 0 Å². The number of sulfonamides is 1. The van der Waals surface area contributed by atoms with E-state index in [4.69, 9.17) is 0 Å². The van der Waals surface area contributed by atoms with E-state index in [2.05, 4.69) is 6.07 Å². The Kier molecular flexibility index (Phi) is 4.46. The summed E-state index contributed by atoms with van der Waals surface area (Å²) in [5, 5.41) is 0. The fourth-order valence-electron chi connectivity index (χ4n) is 4.07. The van der Waals surface area contributed by atoms with E-state index >= 15 is 0 Å². The molecule has 2 aliphatic heterocycles. The van der Waals surface area contributed by atoms with E-state index < -0.39 is 10.0 Å². The predicted octanol–water partition coefficient (Wildman–Crippen LogP) is 3.57. The van der Waals surface area contributed by atoms with Crippen LogP contribution in [0, 0.1) is 13.8 Å². The monoisotopic (exact) mass is 384 g/mol. The molecule has 0 bridgehead atoms. The predicted molar refractivity (Wildman–Crippen MR) is 107 cm³/mol. The Bertz CT molecular complexity index is 1010. The van der Waals surface area contributed by atoms with Crippen molar-refractivity contribution in [1.29, 1.82) is 0 Å². The summed E-state index contributed by atoms with van der Waals surface area (Å²) in [6.45, 7) is 5.01. The van der Waals surface area contributed by atoms with Gasteiger partial charge in [-0.25, -0.2) is 8.42 Å². The minimum absolute atomic E-state index is 0.102. The number of rotatable bonds is 3. The highest BCUT2D eigenvalue weighted by Crippen LogP contribution is 2.34. The quantitative estimate of drug-likeness (QED) is 0.813. The smallest absolute Gasteiger partial charge is 0.264 e. The van der Waals surface area contributed by atoms with Gasteiger partial charge in [0.2, 0.25) is 5.91 Å². The average molecular weight is 385 g/mol. The molecule has 142 valence electrons. The van der Waals surface area contributed by atoms with Crippen molar-refractivity contribution in [2.45, 2.75) is 44.4 Å². The van der Waals surface area contributed by atoms with Crippen LogP contribution in [-0.2, 0) is 21.2 Å². The van der Waals surface area contributed by atoms with Crippen molar-refractivity contribution in [3.05, 3.63) is 53.1 Å². The summed E-state index contributed by atoms with van der Waals surface area (Å²) in [6.07, 6.45) is 3.12. The van der Waals surface area contributed by atoms with E-state index in [1.165, 1.54) is 4.31 Å². The second kappa shape index (κ2) is 6.68. The lowest BCUT2D eigenvalue weighted by Gasteiger charge is -2.31. The van der Waals surface area contributed by atoms with E-state index in [0.29, 0.717) is 30.0 Å². The van der Waals surface area contributed by atoms with Gasteiger partial charge in [-0.15, -0.1) is 0 Å². The van der Waals surface area contributed by atoms with Gasteiger partial charge in [0.1, 0.15) is 0 Å². The van der Waals surface area contributed by atoms with Gasteiger partial charge < -0.3 is 4.90 Å². The number of nitrogens with zero attached hydrogens (tertiary/aromatic N) is 2. The molecule has 27 heavy (non-hydrogen) atoms. The standard InChI is InChI=1S/C21H24N2O3S/c1-15-7-9-19-17(13-15)5-3-12-23(19)27(25,26)20-10-8-18(14-16(20)2)22-11-4-6-21(22)24/h7-10,13-14H,3-6,11-12H2,1-2H3. The van der Waals surface area contributed by atoms with Crippen LogP contribution in [0.15, 0.2) is 41.3 Å². The SMILES string of the molecule is Cc1ccc2c(c1)CCCN2S(=O)(=O)c1ccc(N2CCCC2=O)cc1C. The van der Waals surface area contributed by atoms with E-state index in [9.17, 15) is 13.2 Å². The molecule has 0 aliphatic carbocycles. The molecule has 0 saturated carbocycles. The van der Waals surface area contributed by atoms with Crippen LogP contribution in [0.5, 0.6) is 0 Å². The first kappa shape index (κ1) is 18.0. The van der Waals surface area contributed by atoms with Gasteiger partial charge in [-0.2, -0.15) is 0 Å². The van der Waals surface area contributed by atoms with Crippen LogP contribution in [0.2, 0.25) is 0 Å². The zero-order chi connectivity index (χ0) is 19.2. The van der Waals surface area contributed by atoms with E-state index in [0.717, 1.165) is 41.8 Å². The van der Waals surface area contributed by atoms with Crippen molar-refractivity contribution in [1.82, 2.24) is 0 Å². The van der Waals surface area contributed by atoms with Crippen LogP contribution >= 0.6 is 0 Å². The van der Waals surface area contributed by atoms with E-state index in [1.807, 2.05) is 25.1 Å². The number of hydrogen-bond donors (Lipinski definition) is 0. The fraction of sp³-hybridized carbons (Fsp3) is 0.381. The highest BCUT2D eigenvalue weighted by molar-refractivity contribution is 7.92. The second-order valence-corrected chi connectivity index (χ2v) is 9.24. The molecule has 2 aromatic rings. The van der Waals surface area contributed by atoms with Crippen molar-refractivity contribution in [2.75, 3.05) is 22.3 Å². The second-order valence-electron chi connectivity index (χ2n) is 7.41. The molecule has 6 heteroatoms. The first-order valence-electron chi connectivity index (χ1n) is 9.41. The van der Waals surface area contributed by atoms with Gasteiger partial charge in [0.15, 0.2) is 0 Å². The third-order valence-electron chi connectivity index (χ3n) is 5.42. The van der Waals surface area contributed by atoms with Gasteiger partial charge in [0.25, 0.3) is 10.0 Å². The average Bonchev–Trinajstić information content (AvgIpc) is 3.06. The maximum Gasteiger partial charge on any atom is 0.264 e. The van der Waals surface area contributed by atoms with Gasteiger partial charge in [-0.1, -0.05) is 17.7 Å². The molecule has 2 heterocycles. The number of carbonyl (C=O) groups is 1. The normalized spacial score (nSPS) is 17.3. The lowest BCUT2D eigenvalue weighted by Crippen LogP contribution is -2.36. The van der Waals surface area contributed by atoms with Gasteiger partial charge in [-0.05, 0) is 68.5 Å². The molecule has 1 fully saturated rings. The zero-order valence-electron chi connectivity index (χ0n) is 15.7. The van der Waals surface area contributed by atoms with E-state index in [1.54, 1.807) is 24.0 Å². The molecule has 0 N–H and O–H groups in total. The van der Waals surface area contributed by atoms with E-state index in [-0.39, 0.29) is 5.91 Å². The lowest BCUT2D eigenvalue weighted by atomic mass is 10.0. The molecular weight excluding hydrogens is 360 g/mol. The molecule has 1 saturated heterocycles. The molecule has 0 unspecified atom stereocenters. The Morgan fingerprint density at radius 2 is 1.70 bits per heavy atom. The van der Waals surface area contributed by atoms with Gasteiger partial charge in [-0.3, -0.25) is 9.10 Å². The van der Waals surface area contributed by atoms with Crippen LogP contribution in [0.1, 0.15) is 36.0 Å². The summed E-state index contributed by atoms with van der Waals surface area (Å²) in [5.41, 5.74) is 4.46. The third-order valence-corrected chi connectivity index (χ3v) is 7.40. The molecule has 0 aromatic heterocycles. The maximum absolute atomic E-state index is 13.4. The number of carbonyl (C=O) groups excluding carboxylic acids is 1. The molecule has 2 aromatic carbocycles. The van der Waals surface area contributed by atoms with Crippen LogP contribution in [-0.4, -0.2) is 27.4 Å². The number of benzene rings is 2. The van der Waals surface area contributed by atoms with Crippen LogP contribution in [0.3, 0.4) is 0 Å². The van der Waals surface area contributed by atoms with Gasteiger partial charge in [0.05, 0.1) is 10.6 Å². The molecule has 0 spiro atoms. The molecule has 2 aliphatic rings.